The first kappa shape index (κ1) is 24.7. The van der Waals surface area contributed by atoms with Crippen molar-refractivity contribution in [2.45, 2.75) is 114 Å². The number of nitrogens with two attached hydrogens (primary N) is 1. The molecule has 12 atom stereocenters. The molecule has 1 aliphatic heterocycles. The van der Waals surface area contributed by atoms with Gasteiger partial charge in [0.1, 0.15) is 18.3 Å². The van der Waals surface area contributed by atoms with Crippen molar-refractivity contribution in [3.8, 4) is 0 Å². The number of carboxylic acids is 1. The Morgan fingerprint density at radius 1 is 1.03 bits per heavy atom. The van der Waals surface area contributed by atoms with E-state index < -0.39 is 42.2 Å². The van der Waals surface area contributed by atoms with Gasteiger partial charge in [-0.1, -0.05) is 25.5 Å². The molecule has 5 rings (SSSR count). The Labute approximate surface area is 201 Å². The Hall–Kier alpha value is -1.03. The quantitative estimate of drug-likeness (QED) is 0.387. The molecule has 0 unspecified atom stereocenters. The van der Waals surface area contributed by atoms with Crippen molar-refractivity contribution in [3.05, 3.63) is 11.6 Å². The minimum absolute atomic E-state index is 0.00677. The highest BCUT2D eigenvalue weighted by atomic mass is 16.7. The fraction of sp³-hybridized carbons (Fsp3) is 0.885. The molecule has 0 aromatic carbocycles. The van der Waals surface area contributed by atoms with Crippen molar-refractivity contribution in [1.82, 2.24) is 0 Å². The number of ether oxygens (including phenoxy) is 2. The normalized spacial score (nSPS) is 55.0. The smallest absolute Gasteiger partial charge is 0.307 e. The predicted octanol–water partition coefficient (Wildman–Crippen LogP) is 1.94. The highest BCUT2D eigenvalue weighted by Crippen LogP contribution is 2.67. The van der Waals surface area contributed by atoms with Crippen molar-refractivity contribution < 1.29 is 34.7 Å². The fourth-order valence-electron chi connectivity index (χ4n) is 8.57. The van der Waals surface area contributed by atoms with E-state index in [0.717, 1.165) is 44.9 Å². The van der Waals surface area contributed by atoms with Gasteiger partial charge in [-0.25, -0.2) is 0 Å². The number of aliphatic carboxylic acids is 1. The van der Waals surface area contributed by atoms with Crippen LogP contribution in [0.15, 0.2) is 11.6 Å². The van der Waals surface area contributed by atoms with Gasteiger partial charge in [0.25, 0.3) is 0 Å². The van der Waals surface area contributed by atoms with Gasteiger partial charge in [0, 0.05) is 5.54 Å². The summed E-state index contributed by atoms with van der Waals surface area (Å²) in [5.41, 5.74) is 7.75. The summed E-state index contributed by atoms with van der Waals surface area (Å²) in [5, 5.41) is 40.3. The van der Waals surface area contributed by atoms with E-state index in [1.807, 2.05) is 0 Å². The largest absolute Gasteiger partial charge is 0.481 e. The van der Waals surface area contributed by atoms with Crippen molar-refractivity contribution >= 4 is 5.97 Å². The van der Waals surface area contributed by atoms with Gasteiger partial charge < -0.3 is 35.6 Å². The molecule has 192 valence electrons. The number of fused-ring (bicyclic) bond motifs is 5. The summed E-state index contributed by atoms with van der Waals surface area (Å²) < 4.78 is 11.8. The number of aliphatic hydroxyl groups is 3. The molecule has 4 aliphatic carbocycles. The van der Waals surface area contributed by atoms with Crippen LogP contribution in [-0.4, -0.2) is 68.7 Å². The lowest BCUT2D eigenvalue weighted by Gasteiger charge is -2.62. The first-order chi connectivity index (χ1) is 15.9. The Bertz CT molecular complexity index is 864. The SMILES string of the molecule is C[C@@H]1O[C@@H](O[C@@H]2C=C3CC[C@@H]4[C@H](CC[C@]5(C)[C@@H](C(=O)O)CC[C@]45N)[C@@]3(C)CC2)[C@H](O)[C@H](O)[C@H]1O. The number of carbonyl (C=O) groups is 1. The van der Waals surface area contributed by atoms with Gasteiger partial charge in [-0.15, -0.1) is 0 Å². The van der Waals surface area contributed by atoms with E-state index in [1.54, 1.807) is 6.92 Å². The molecule has 0 aromatic heterocycles. The Kier molecular flexibility index (Phi) is 5.98. The zero-order valence-corrected chi connectivity index (χ0v) is 20.5. The third-order valence-electron chi connectivity index (χ3n) is 10.8. The summed E-state index contributed by atoms with van der Waals surface area (Å²) in [5.74, 6) is -0.318. The number of hydrogen-bond donors (Lipinski definition) is 5. The van der Waals surface area contributed by atoms with Crippen LogP contribution in [0.25, 0.3) is 0 Å². The van der Waals surface area contributed by atoms with Gasteiger partial charge in [0.05, 0.1) is 18.1 Å². The van der Waals surface area contributed by atoms with E-state index in [-0.39, 0.29) is 22.9 Å². The van der Waals surface area contributed by atoms with Gasteiger partial charge >= 0.3 is 5.97 Å². The van der Waals surface area contributed by atoms with Crippen LogP contribution in [0.4, 0.5) is 0 Å². The Morgan fingerprint density at radius 3 is 2.47 bits per heavy atom. The molecule has 4 fully saturated rings. The summed E-state index contributed by atoms with van der Waals surface area (Å²) in [6.45, 7) is 6.12. The van der Waals surface area contributed by atoms with E-state index in [4.69, 9.17) is 15.2 Å². The Morgan fingerprint density at radius 2 is 1.76 bits per heavy atom. The molecular weight excluding hydrogens is 438 g/mol. The van der Waals surface area contributed by atoms with Crippen LogP contribution in [0.5, 0.6) is 0 Å². The number of allylic oxidation sites excluding steroid dienone is 1. The number of hydrogen-bond acceptors (Lipinski definition) is 7. The van der Waals surface area contributed by atoms with E-state index in [2.05, 4.69) is 19.9 Å². The van der Waals surface area contributed by atoms with Gasteiger partial charge in [-0.3, -0.25) is 4.79 Å². The van der Waals surface area contributed by atoms with Crippen LogP contribution >= 0.6 is 0 Å². The molecule has 0 spiro atoms. The minimum atomic E-state index is -1.30. The highest BCUT2D eigenvalue weighted by molar-refractivity contribution is 5.72. The average Bonchev–Trinajstić information content (AvgIpc) is 3.07. The lowest BCUT2D eigenvalue weighted by atomic mass is 9.44. The van der Waals surface area contributed by atoms with Gasteiger partial charge in [0.2, 0.25) is 0 Å². The molecule has 0 radical (unpaired) electrons. The standard InChI is InChI=1S/C26H41NO7/c1-13-19(28)20(29)21(30)23(33-13)34-15-6-9-24(2)14(12-15)4-5-17-16(24)7-10-25(3)18(22(31)32)8-11-26(17,25)27/h12-13,15-21,23,28-30H,4-11,27H2,1-3H3,(H,31,32)/t13-,15-,16-,17+,18+,19-,20+,21+,23-,24-,25+,26-/m0/s1. The summed E-state index contributed by atoms with van der Waals surface area (Å²) in [6, 6.07) is 0. The molecule has 1 saturated heterocycles. The van der Waals surface area contributed by atoms with Crippen LogP contribution in [0.2, 0.25) is 0 Å². The summed E-state index contributed by atoms with van der Waals surface area (Å²) >= 11 is 0. The average molecular weight is 480 g/mol. The van der Waals surface area contributed by atoms with Gasteiger partial charge in [-0.2, -0.15) is 0 Å². The maximum atomic E-state index is 12.0. The van der Waals surface area contributed by atoms with E-state index in [9.17, 15) is 25.2 Å². The fourth-order valence-corrected chi connectivity index (χ4v) is 8.57. The van der Waals surface area contributed by atoms with Gasteiger partial charge in [-0.05, 0) is 81.0 Å². The lowest BCUT2D eigenvalue weighted by Crippen LogP contribution is -2.65. The summed E-state index contributed by atoms with van der Waals surface area (Å²) in [6.07, 6.45) is 3.49. The van der Waals surface area contributed by atoms with E-state index in [1.165, 1.54) is 5.57 Å². The van der Waals surface area contributed by atoms with Crippen LogP contribution in [0.1, 0.15) is 72.1 Å². The lowest BCUT2D eigenvalue weighted by molar-refractivity contribution is -0.301. The van der Waals surface area contributed by atoms with Crippen LogP contribution < -0.4 is 5.73 Å². The first-order valence-electron chi connectivity index (χ1n) is 13.0. The van der Waals surface area contributed by atoms with E-state index >= 15 is 0 Å². The third-order valence-corrected chi connectivity index (χ3v) is 10.8. The molecule has 0 bridgehead atoms. The molecule has 0 amide bonds. The van der Waals surface area contributed by atoms with Crippen molar-refractivity contribution in [2.24, 2.45) is 34.3 Å². The minimum Gasteiger partial charge on any atom is -0.481 e. The zero-order chi connectivity index (χ0) is 24.6. The van der Waals surface area contributed by atoms with Crippen molar-refractivity contribution in [3.63, 3.8) is 0 Å². The van der Waals surface area contributed by atoms with Crippen molar-refractivity contribution in [1.29, 1.82) is 0 Å². The molecule has 0 aromatic rings. The summed E-state index contributed by atoms with van der Waals surface area (Å²) in [7, 11) is 0. The Balaban J connectivity index is 1.34. The van der Waals surface area contributed by atoms with Crippen LogP contribution in [0.3, 0.4) is 0 Å². The molecule has 5 aliphatic rings. The molecule has 8 heteroatoms. The first-order valence-corrected chi connectivity index (χ1v) is 13.0. The monoisotopic (exact) mass is 479 g/mol. The molecule has 34 heavy (non-hydrogen) atoms. The maximum Gasteiger partial charge on any atom is 0.307 e. The van der Waals surface area contributed by atoms with Crippen LogP contribution in [0, 0.1) is 28.6 Å². The highest BCUT2D eigenvalue weighted by Gasteiger charge is 2.66. The topological polar surface area (TPSA) is 142 Å². The van der Waals surface area contributed by atoms with Crippen LogP contribution in [-0.2, 0) is 14.3 Å². The second-order valence-corrected chi connectivity index (χ2v) is 12.2. The number of aliphatic hydroxyl groups excluding tert-OH is 3. The molecule has 8 nitrogen and oxygen atoms in total. The van der Waals surface area contributed by atoms with E-state index in [0.29, 0.717) is 18.3 Å². The maximum absolute atomic E-state index is 12.0. The predicted molar refractivity (Wildman–Crippen MR) is 123 cm³/mol. The third kappa shape index (κ3) is 3.36. The zero-order valence-electron chi connectivity index (χ0n) is 20.5. The second-order valence-electron chi connectivity index (χ2n) is 12.2. The van der Waals surface area contributed by atoms with Gasteiger partial charge in [0.15, 0.2) is 6.29 Å². The molecule has 3 saturated carbocycles. The number of carboxylic acid groups (broad SMARTS) is 1. The molecular formula is C26H41NO7. The number of rotatable bonds is 3. The second kappa shape index (κ2) is 8.25. The summed E-state index contributed by atoms with van der Waals surface area (Å²) in [4.78, 5) is 12.0. The van der Waals surface area contributed by atoms with Crippen molar-refractivity contribution in [2.75, 3.05) is 0 Å². The molecule has 6 N–H and O–H groups in total. The molecule has 1 heterocycles.